The Morgan fingerprint density at radius 3 is 1.58 bits per heavy atom. The lowest BCUT2D eigenvalue weighted by atomic mass is 9.55. The lowest BCUT2D eigenvalue weighted by molar-refractivity contribution is 0.484. The molecule has 3 aromatic carbocycles. The van der Waals surface area contributed by atoms with Gasteiger partial charge in [0.25, 0.3) is 0 Å². The molecular formula is C35H39P. The maximum atomic E-state index is 2.57. The van der Waals surface area contributed by atoms with E-state index in [1.807, 2.05) is 5.31 Å². The molecule has 1 heteroatoms. The molecule has 0 N–H and O–H groups in total. The monoisotopic (exact) mass is 490 g/mol. The van der Waals surface area contributed by atoms with Crippen LogP contribution in [0, 0.1) is 0 Å². The zero-order chi connectivity index (χ0) is 24.1. The first-order chi connectivity index (χ1) is 17.8. The Morgan fingerprint density at radius 2 is 1.06 bits per heavy atom. The second-order valence-corrected chi connectivity index (χ2v) is 14.6. The Bertz CT molecular complexity index is 1210. The van der Waals surface area contributed by atoms with Crippen LogP contribution in [0.2, 0.25) is 0 Å². The van der Waals surface area contributed by atoms with Gasteiger partial charge in [0, 0.05) is 11.3 Å². The van der Waals surface area contributed by atoms with Crippen LogP contribution in [0.4, 0.5) is 0 Å². The Labute approximate surface area is 219 Å². The van der Waals surface area contributed by atoms with Gasteiger partial charge in [0.2, 0.25) is 0 Å². The van der Waals surface area contributed by atoms with E-state index in [-0.39, 0.29) is 13.3 Å². The summed E-state index contributed by atoms with van der Waals surface area (Å²) >= 11 is 0. The summed E-state index contributed by atoms with van der Waals surface area (Å²) in [6, 6.07) is 30.6. The molecule has 36 heavy (non-hydrogen) atoms. The third kappa shape index (κ3) is 3.44. The summed E-state index contributed by atoms with van der Waals surface area (Å²) in [6.45, 7) is 2.57. The van der Waals surface area contributed by atoms with Crippen LogP contribution in [0.5, 0.6) is 0 Å². The molecule has 5 aliphatic rings. The van der Waals surface area contributed by atoms with Crippen molar-refractivity contribution >= 4 is 13.5 Å². The van der Waals surface area contributed by atoms with Crippen LogP contribution in [0.3, 0.4) is 0 Å². The Kier molecular flexibility index (Phi) is 5.93. The van der Waals surface area contributed by atoms with Crippen molar-refractivity contribution in [3.63, 3.8) is 0 Å². The summed E-state index contributed by atoms with van der Waals surface area (Å²) < 4.78 is 0. The summed E-state index contributed by atoms with van der Waals surface area (Å²) in [5, 5.41) is 1.88. The summed E-state index contributed by atoms with van der Waals surface area (Å²) in [4.78, 5) is 0. The SMILES string of the molecule is CC12C(c3ccccc3)=C(P(C3CCCCC3)C3CCCCC3)C(c3ccccc31)c1ccccc12. The molecule has 0 nitrogen and oxygen atoms in total. The molecule has 0 unspecified atom stereocenters. The first-order valence-electron chi connectivity index (χ1n) is 14.6. The molecule has 2 bridgehead atoms. The van der Waals surface area contributed by atoms with E-state index < -0.39 is 0 Å². The van der Waals surface area contributed by atoms with Crippen LogP contribution in [-0.2, 0) is 5.41 Å². The van der Waals surface area contributed by atoms with Gasteiger partial charge in [-0.15, -0.1) is 0 Å². The highest BCUT2D eigenvalue weighted by Crippen LogP contribution is 2.73. The Balaban J connectivity index is 1.54. The van der Waals surface area contributed by atoms with Gasteiger partial charge in [0.05, 0.1) is 0 Å². The van der Waals surface area contributed by atoms with Crippen molar-refractivity contribution in [3.8, 4) is 0 Å². The number of allylic oxidation sites excluding steroid dienone is 2. The molecule has 2 fully saturated rings. The van der Waals surface area contributed by atoms with Crippen LogP contribution in [0.25, 0.3) is 5.57 Å². The van der Waals surface area contributed by atoms with Gasteiger partial charge in [-0.25, -0.2) is 0 Å². The van der Waals surface area contributed by atoms with Crippen molar-refractivity contribution in [1.29, 1.82) is 0 Å². The predicted octanol–water partition coefficient (Wildman–Crippen LogP) is 10.0. The van der Waals surface area contributed by atoms with Gasteiger partial charge in [-0.3, -0.25) is 0 Å². The van der Waals surface area contributed by atoms with Crippen LogP contribution in [-0.4, -0.2) is 11.3 Å². The van der Waals surface area contributed by atoms with E-state index in [9.17, 15) is 0 Å². The zero-order valence-corrected chi connectivity index (χ0v) is 22.7. The minimum atomic E-state index is -0.194. The summed E-state index contributed by atoms with van der Waals surface area (Å²) in [5.74, 6) is 0.435. The van der Waals surface area contributed by atoms with E-state index in [4.69, 9.17) is 0 Å². The molecule has 2 saturated carbocycles. The van der Waals surface area contributed by atoms with Crippen LogP contribution in [0.1, 0.15) is 105 Å². The summed E-state index contributed by atoms with van der Waals surface area (Å²) in [5.41, 5.74) is 11.2. The molecule has 0 aromatic heterocycles. The predicted molar refractivity (Wildman–Crippen MR) is 155 cm³/mol. The van der Waals surface area contributed by atoms with Gasteiger partial charge >= 0.3 is 0 Å². The van der Waals surface area contributed by atoms with Crippen molar-refractivity contribution in [2.45, 2.75) is 93.8 Å². The maximum Gasteiger partial charge on any atom is 0.0438 e. The molecule has 184 valence electrons. The molecular weight excluding hydrogens is 451 g/mol. The van der Waals surface area contributed by atoms with Crippen molar-refractivity contribution in [3.05, 3.63) is 112 Å². The fraction of sp³-hybridized carbons (Fsp3) is 0.429. The molecule has 0 spiro atoms. The van der Waals surface area contributed by atoms with E-state index in [0.717, 1.165) is 11.3 Å². The minimum Gasteiger partial charge on any atom is -0.0720 e. The third-order valence-corrected chi connectivity index (χ3v) is 13.6. The van der Waals surface area contributed by atoms with E-state index >= 15 is 0 Å². The first kappa shape index (κ1) is 23.0. The van der Waals surface area contributed by atoms with Gasteiger partial charge in [-0.2, -0.15) is 0 Å². The van der Waals surface area contributed by atoms with E-state index in [2.05, 4.69) is 85.8 Å². The number of hydrogen-bond acceptors (Lipinski definition) is 0. The van der Waals surface area contributed by atoms with Gasteiger partial charge in [-0.05, 0) is 82.6 Å². The van der Waals surface area contributed by atoms with Crippen LogP contribution < -0.4 is 0 Å². The molecule has 5 aliphatic carbocycles. The van der Waals surface area contributed by atoms with Gasteiger partial charge in [0.15, 0.2) is 0 Å². The Morgan fingerprint density at radius 1 is 0.583 bits per heavy atom. The molecule has 0 saturated heterocycles. The van der Waals surface area contributed by atoms with E-state index in [0.29, 0.717) is 5.92 Å². The molecule has 0 aliphatic heterocycles. The van der Waals surface area contributed by atoms with Gasteiger partial charge < -0.3 is 0 Å². The molecule has 8 rings (SSSR count). The smallest absolute Gasteiger partial charge is 0.0438 e. The fourth-order valence-electron chi connectivity index (χ4n) is 8.41. The fourth-order valence-corrected chi connectivity index (χ4v) is 12.8. The quantitative estimate of drug-likeness (QED) is 0.319. The highest BCUT2D eigenvalue weighted by Gasteiger charge is 2.53. The maximum absolute atomic E-state index is 2.57. The first-order valence-corrected chi connectivity index (χ1v) is 16.0. The highest BCUT2D eigenvalue weighted by atomic mass is 31.1. The van der Waals surface area contributed by atoms with E-state index in [1.54, 1.807) is 27.8 Å². The summed E-state index contributed by atoms with van der Waals surface area (Å²) in [6.07, 6.45) is 14.5. The van der Waals surface area contributed by atoms with Crippen molar-refractivity contribution in [2.24, 2.45) is 0 Å². The topological polar surface area (TPSA) is 0 Å². The molecule has 0 amide bonds. The second-order valence-electron chi connectivity index (χ2n) is 11.8. The zero-order valence-electron chi connectivity index (χ0n) is 21.8. The lowest BCUT2D eigenvalue weighted by Gasteiger charge is -2.54. The largest absolute Gasteiger partial charge is 0.0720 e. The van der Waals surface area contributed by atoms with Crippen molar-refractivity contribution in [1.82, 2.24) is 0 Å². The highest BCUT2D eigenvalue weighted by molar-refractivity contribution is 7.64. The van der Waals surface area contributed by atoms with Gasteiger partial charge in [-0.1, -0.05) is 125 Å². The lowest BCUT2D eigenvalue weighted by Crippen LogP contribution is -2.40. The van der Waals surface area contributed by atoms with Crippen LogP contribution >= 0.6 is 7.92 Å². The average Bonchev–Trinajstić information content (AvgIpc) is 2.95. The van der Waals surface area contributed by atoms with Crippen molar-refractivity contribution in [2.75, 3.05) is 0 Å². The van der Waals surface area contributed by atoms with Gasteiger partial charge in [0.1, 0.15) is 0 Å². The second kappa shape index (κ2) is 9.29. The Hall–Kier alpha value is -2.17. The molecule has 0 radical (unpaired) electrons. The van der Waals surface area contributed by atoms with E-state index in [1.165, 1.54) is 69.8 Å². The number of rotatable bonds is 4. The molecule has 3 aromatic rings. The van der Waals surface area contributed by atoms with Crippen molar-refractivity contribution < 1.29 is 0 Å². The molecule has 0 heterocycles. The normalized spacial score (nSPS) is 26.2. The van der Waals surface area contributed by atoms with Crippen LogP contribution in [0.15, 0.2) is 84.2 Å². The molecule has 0 atom stereocenters. The minimum absolute atomic E-state index is 0.0808. The summed E-state index contributed by atoms with van der Waals surface area (Å²) in [7, 11) is -0.194. The third-order valence-electron chi connectivity index (χ3n) is 9.93. The average molecular weight is 491 g/mol. The number of hydrogen-bond donors (Lipinski definition) is 0. The number of benzene rings is 3. The standard InChI is InChI=1S/C35H39P/c1-35-30-23-13-11-21-28(30)32(29-22-12-14-24-31(29)35)34(33(35)25-15-5-2-6-16-25)36(26-17-7-3-8-18-26)27-19-9-4-10-20-27/h2,5-6,11-16,21-24,26-27,32H,3-4,7-10,17-20H2,1H3.